The van der Waals surface area contributed by atoms with Crippen molar-refractivity contribution in [2.45, 2.75) is 19.5 Å². The summed E-state index contributed by atoms with van der Waals surface area (Å²) < 4.78 is 15.6. The Morgan fingerprint density at radius 2 is 1.50 bits per heavy atom. The van der Waals surface area contributed by atoms with Crippen molar-refractivity contribution in [1.82, 2.24) is 14.5 Å². The number of amides is 1. The first kappa shape index (κ1) is 21.2. The van der Waals surface area contributed by atoms with Crippen molar-refractivity contribution < 1.29 is 9.18 Å². The van der Waals surface area contributed by atoms with E-state index < -0.39 is 17.1 Å². The predicted molar refractivity (Wildman–Crippen MR) is 121 cm³/mol. The number of hydrogen-bond acceptors (Lipinski definition) is 3. The summed E-state index contributed by atoms with van der Waals surface area (Å²) in [6.07, 6.45) is 0.673. The third-order valence-corrected chi connectivity index (χ3v) is 5.27. The summed E-state index contributed by atoms with van der Waals surface area (Å²) in [7, 11) is 0. The number of aromatic nitrogens is 2. The van der Waals surface area contributed by atoms with Gasteiger partial charge >= 0.3 is 5.69 Å². The number of rotatable bonds is 7. The van der Waals surface area contributed by atoms with Gasteiger partial charge in [0.25, 0.3) is 5.56 Å². The molecular weight excluding hydrogens is 409 g/mol. The maximum Gasteiger partial charge on any atom is 0.332 e. The van der Waals surface area contributed by atoms with Crippen molar-refractivity contribution >= 4 is 16.8 Å². The largest absolute Gasteiger partial charge is 0.354 e. The summed E-state index contributed by atoms with van der Waals surface area (Å²) in [4.78, 5) is 38.7. The summed E-state index contributed by atoms with van der Waals surface area (Å²) in [5.74, 6) is -0.718. The second-order valence-electron chi connectivity index (χ2n) is 7.49. The maximum absolute atomic E-state index is 13.2. The van der Waals surface area contributed by atoms with E-state index in [-0.39, 0.29) is 19.0 Å². The van der Waals surface area contributed by atoms with Crippen molar-refractivity contribution in [1.29, 1.82) is 0 Å². The Hall–Kier alpha value is -4.00. The molecule has 4 rings (SSSR count). The number of nitrogens with one attached hydrogen (secondary N) is 1. The molecular formula is C25H22FN3O3. The third kappa shape index (κ3) is 4.67. The zero-order chi connectivity index (χ0) is 22.5. The zero-order valence-corrected chi connectivity index (χ0v) is 17.3. The number of hydrogen-bond donors (Lipinski definition) is 1. The first-order valence-electron chi connectivity index (χ1n) is 10.3. The molecule has 0 radical (unpaired) electrons. The molecule has 1 N–H and O–H groups in total. The molecule has 1 heterocycles. The van der Waals surface area contributed by atoms with E-state index in [1.165, 1.54) is 28.8 Å². The van der Waals surface area contributed by atoms with Gasteiger partial charge in [-0.25, -0.2) is 9.18 Å². The molecule has 0 spiro atoms. The van der Waals surface area contributed by atoms with E-state index in [0.717, 1.165) is 10.1 Å². The highest BCUT2D eigenvalue weighted by molar-refractivity contribution is 5.81. The monoisotopic (exact) mass is 431 g/mol. The molecule has 6 nitrogen and oxygen atoms in total. The normalized spacial score (nSPS) is 10.9. The molecule has 162 valence electrons. The number of para-hydroxylation sites is 1. The molecule has 1 amide bonds. The molecule has 0 aliphatic heterocycles. The summed E-state index contributed by atoms with van der Waals surface area (Å²) in [5.41, 5.74) is 1.07. The van der Waals surface area contributed by atoms with Crippen LogP contribution in [0.15, 0.2) is 88.5 Å². The van der Waals surface area contributed by atoms with Gasteiger partial charge < -0.3 is 5.32 Å². The van der Waals surface area contributed by atoms with Gasteiger partial charge in [-0.3, -0.25) is 18.7 Å². The average molecular weight is 431 g/mol. The fourth-order valence-corrected chi connectivity index (χ4v) is 3.63. The number of carbonyl (C=O) groups is 1. The molecule has 0 aliphatic carbocycles. The van der Waals surface area contributed by atoms with Crippen molar-refractivity contribution in [2.24, 2.45) is 0 Å². The Morgan fingerprint density at radius 1 is 0.812 bits per heavy atom. The smallest absolute Gasteiger partial charge is 0.332 e. The Labute approximate surface area is 183 Å². The average Bonchev–Trinajstić information content (AvgIpc) is 2.81. The molecule has 0 saturated heterocycles. The summed E-state index contributed by atoms with van der Waals surface area (Å²) in [5, 5.41) is 3.17. The first-order valence-corrected chi connectivity index (χ1v) is 10.3. The van der Waals surface area contributed by atoms with Crippen LogP contribution in [0.25, 0.3) is 10.9 Å². The number of halogens is 1. The Bertz CT molecular complexity index is 1360. The topological polar surface area (TPSA) is 73.1 Å². The molecule has 1 aromatic heterocycles. The molecule has 0 bridgehead atoms. The van der Waals surface area contributed by atoms with E-state index in [1.807, 2.05) is 30.3 Å². The third-order valence-electron chi connectivity index (χ3n) is 5.27. The van der Waals surface area contributed by atoms with E-state index in [0.29, 0.717) is 29.4 Å². The van der Waals surface area contributed by atoms with Crippen LogP contribution in [0.5, 0.6) is 0 Å². The summed E-state index contributed by atoms with van der Waals surface area (Å²) >= 11 is 0. The Kier molecular flexibility index (Phi) is 6.26. The number of nitrogens with zero attached hydrogens (tertiary/aromatic N) is 2. The van der Waals surface area contributed by atoms with Crippen molar-refractivity contribution in [3.05, 3.63) is 117 Å². The predicted octanol–water partition coefficient (Wildman–Crippen LogP) is 2.71. The van der Waals surface area contributed by atoms with Gasteiger partial charge in [0, 0.05) is 6.54 Å². The van der Waals surface area contributed by atoms with Crippen molar-refractivity contribution in [2.75, 3.05) is 6.54 Å². The van der Waals surface area contributed by atoms with Crippen LogP contribution in [-0.2, 0) is 24.3 Å². The molecule has 0 saturated carbocycles. The van der Waals surface area contributed by atoms with Crippen LogP contribution >= 0.6 is 0 Å². The molecule has 4 aromatic rings. The molecule has 3 aromatic carbocycles. The second kappa shape index (κ2) is 9.43. The summed E-state index contributed by atoms with van der Waals surface area (Å²) in [6.45, 7) is 0.209. The van der Waals surface area contributed by atoms with Crippen LogP contribution in [0.2, 0.25) is 0 Å². The molecule has 7 heteroatoms. The van der Waals surface area contributed by atoms with Gasteiger partial charge in [0.05, 0.1) is 17.4 Å². The number of benzene rings is 3. The first-order chi connectivity index (χ1) is 15.5. The molecule has 0 atom stereocenters. The van der Waals surface area contributed by atoms with E-state index in [9.17, 15) is 18.8 Å². The van der Waals surface area contributed by atoms with Crippen LogP contribution in [0.4, 0.5) is 4.39 Å². The quantitative estimate of drug-likeness (QED) is 0.489. The fraction of sp³-hybridized carbons (Fsp3) is 0.160. The van der Waals surface area contributed by atoms with Crippen LogP contribution in [0.1, 0.15) is 11.1 Å². The van der Waals surface area contributed by atoms with Crippen LogP contribution in [0, 0.1) is 5.82 Å². The molecule has 0 aliphatic rings. The van der Waals surface area contributed by atoms with Crippen molar-refractivity contribution in [3.8, 4) is 0 Å². The minimum atomic E-state index is -0.587. The highest BCUT2D eigenvalue weighted by Gasteiger charge is 2.15. The Balaban J connectivity index is 1.61. The van der Waals surface area contributed by atoms with Gasteiger partial charge in [0.15, 0.2) is 0 Å². The van der Waals surface area contributed by atoms with Crippen molar-refractivity contribution in [3.63, 3.8) is 0 Å². The minimum Gasteiger partial charge on any atom is -0.354 e. The lowest BCUT2D eigenvalue weighted by molar-refractivity contribution is -0.121. The van der Waals surface area contributed by atoms with Gasteiger partial charge in [-0.1, -0.05) is 54.6 Å². The minimum absolute atomic E-state index is 0.0155. The van der Waals surface area contributed by atoms with Gasteiger partial charge in [0.2, 0.25) is 5.91 Å². The van der Waals surface area contributed by atoms with E-state index in [4.69, 9.17) is 0 Å². The highest BCUT2D eigenvalue weighted by atomic mass is 19.1. The van der Waals surface area contributed by atoms with Gasteiger partial charge in [-0.15, -0.1) is 0 Å². The van der Waals surface area contributed by atoms with E-state index in [1.54, 1.807) is 24.3 Å². The fourth-order valence-electron chi connectivity index (χ4n) is 3.63. The Morgan fingerprint density at radius 3 is 2.25 bits per heavy atom. The number of carbonyl (C=O) groups excluding carboxylic acids is 1. The highest BCUT2D eigenvalue weighted by Crippen LogP contribution is 2.09. The molecule has 32 heavy (non-hydrogen) atoms. The lowest BCUT2D eigenvalue weighted by Crippen LogP contribution is -2.43. The van der Waals surface area contributed by atoms with E-state index >= 15 is 0 Å². The van der Waals surface area contributed by atoms with Crippen LogP contribution < -0.4 is 16.6 Å². The van der Waals surface area contributed by atoms with Gasteiger partial charge in [-0.05, 0) is 41.8 Å². The lowest BCUT2D eigenvalue weighted by atomic mass is 10.1. The lowest BCUT2D eigenvalue weighted by Gasteiger charge is -2.14. The van der Waals surface area contributed by atoms with Gasteiger partial charge in [-0.2, -0.15) is 0 Å². The standard InChI is InChI=1S/C25H22FN3O3/c26-20-12-10-19(11-13-20)16-29-24(31)21-8-4-5-9-22(21)28(25(29)32)17-23(30)27-15-14-18-6-2-1-3-7-18/h1-13H,14-17H2,(H,27,30). The van der Waals surface area contributed by atoms with Crippen LogP contribution in [0.3, 0.4) is 0 Å². The zero-order valence-electron chi connectivity index (χ0n) is 17.3. The number of fused-ring (bicyclic) bond motifs is 1. The molecule has 0 unspecified atom stereocenters. The van der Waals surface area contributed by atoms with Crippen LogP contribution in [-0.4, -0.2) is 21.6 Å². The maximum atomic E-state index is 13.2. The second-order valence-corrected chi connectivity index (χ2v) is 7.49. The summed E-state index contributed by atoms with van der Waals surface area (Å²) in [6, 6.07) is 22.1. The molecule has 0 fully saturated rings. The van der Waals surface area contributed by atoms with E-state index in [2.05, 4.69) is 5.32 Å². The SMILES string of the molecule is O=C(Cn1c(=O)n(Cc2ccc(F)cc2)c(=O)c2ccccc21)NCCc1ccccc1. The van der Waals surface area contributed by atoms with Gasteiger partial charge in [0.1, 0.15) is 12.4 Å².